The van der Waals surface area contributed by atoms with Crippen molar-refractivity contribution in [2.45, 2.75) is 6.23 Å². The molecule has 1 amide bonds. The average Bonchev–Trinajstić information content (AvgIpc) is 2.98. The van der Waals surface area contributed by atoms with E-state index < -0.39 is 6.23 Å². The summed E-state index contributed by atoms with van der Waals surface area (Å²) in [5.41, 5.74) is 5.12. The number of carbonyl (C=O) groups is 1. The lowest BCUT2D eigenvalue weighted by Gasteiger charge is -2.34. The van der Waals surface area contributed by atoms with Crippen molar-refractivity contribution in [3.8, 4) is 0 Å². The molecule has 0 saturated carbocycles. The summed E-state index contributed by atoms with van der Waals surface area (Å²) in [5, 5.41) is 13.3. The number of fused-ring (bicyclic) bond motifs is 1. The van der Waals surface area contributed by atoms with Crippen molar-refractivity contribution in [1.82, 2.24) is 4.90 Å². The summed E-state index contributed by atoms with van der Waals surface area (Å²) >= 11 is 0. The molecule has 4 rings (SSSR count). The molecule has 0 spiro atoms. The Morgan fingerprint density at radius 2 is 1.72 bits per heavy atom. The van der Waals surface area contributed by atoms with Crippen LogP contribution in [0.1, 0.15) is 11.1 Å². The minimum absolute atomic E-state index is 0.673. The maximum absolute atomic E-state index is 10.8. The van der Waals surface area contributed by atoms with Crippen LogP contribution in [0.5, 0.6) is 0 Å². The molecular formula is C20H21N3O2. The molecule has 2 aromatic carbocycles. The number of anilines is 2. The molecule has 2 aliphatic heterocycles. The number of piperazine rings is 1. The molecule has 2 aromatic rings. The Morgan fingerprint density at radius 3 is 2.44 bits per heavy atom. The molecule has 0 bridgehead atoms. The molecule has 25 heavy (non-hydrogen) atoms. The first kappa shape index (κ1) is 15.7. The van der Waals surface area contributed by atoms with Gasteiger partial charge >= 0.3 is 0 Å². The zero-order valence-corrected chi connectivity index (χ0v) is 13.9. The van der Waals surface area contributed by atoms with Gasteiger partial charge < -0.3 is 20.2 Å². The van der Waals surface area contributed by atoms with Gasteiger partial charge in [0.15, 0.2) is 6.23 Å². The highest BCUT2D eigenvalue weighted by molar-refractivity contribution is 5.94. The number of para-hydroxylation sites is 1. The number of nitrogens with one attached hydrogen (secondary N) is 1. The first-order chi connectivity index (χ1) is 12.2. The maximum Gasteiger partial charge on any atom is 0.209 e. The predicted octanol–water partition coefficient (Wildman–Crippen LogP) is 2.25. The molecule has 0 radical (unpaired) electrons. The van der Waals surface area contributed by atoms with Gasteiger partial charge in [0.05, 0.1) is 0 Å². The molecule has 128 valence electrons. The number of hydrogen-bond acceptors (Lipinski definition) is 4. The fourth-order valence-electron chi connectivity index (χ4n) is 3.44. The summed E-state index contributed by atoms with van der Waals surface area (Å²) < 4.78 is 0. The highest BCUT2D eigenvalue weighted by Gasteiger charge is 2.23. The van der Waals surface area contributed by atoms with E-state index >= 15 is 0 Å². The lowest BCUT2D eigenvalue weighted by molar-refractivity contribution is -0.118. The van der Waals surface area contributed by atoms with Crippen LogP contribution < -0.4 is 10.2 Å². The Balaban J connectivity index is 1.52. The number of aliphatic hydroxyl groups is 1. The number of rotatable bonds is 3. The van der Waals surface area contributed by atoms with Crippen LogP contribution in [-0.2, 0) is 4.79 Å². The normalized spacial score (nSPS) is 21.2. The number of aliphatic hydroxyl groups excluding tert-OH is 1. The summed E-state index contributed by atoms with van der Waals surface area (Å²) in [7, 11) is 0. The van der Waals surface area contributed by atoms with E-state index in [1.807, 2.05) is 30.3 Å². The lowest BCUT2D eigenvalue weighted by atomic mass is 10.0. The second kappa shape index (κ2) is 6.61. The van der Waals surface area contributed by atoms with Crippen LogP contribution in [0.4, 0.5) is 11.4 Å². The Bertz CT molecular complexity index is 793. The molecule has 1 fully saturated rings. The highest BCUT2D eigenvalue weighted by Crippen LogP contribution is 2.35. The predicted molar refractivity (Wildman–Crippen MR) is 100 cm³/mol. The van der Waals surface area contributed by atoms with Gasteiger partial charge in [-0.1, -0.05) is 30.3 Å². The Kier molecular flexibility index (Phi) is 4.15. The number of amides is 1. The van der Waals surface area contributed by atoms with Crippen molar-refractivity contribution in [3.63, 3.8) is 0 Å². The molecule has 0 aliphatic carbocycles. The summed E-state index contributed by atoms with van der Waals surface area (Å²) in [6.45, 7) is 3.25. The van der Waals surface area contributed by atoms with Crippen LogP contribution >= 0.6 is 0 Å². The van der Waals surface area contributed by atoms with Gasteiger partial charge in [-0.25, -0.2) is 0 Å². The lowest BCUT2D eigenvalue weighted by Crippen LogP contribution is -2.45. The van der Waals surface area contributed by atoms with Crippen LogP contribution in [-0.4, -0.2) is 48.8 Å². The van der Waals surface area contributed by atoms with Crippen molar-refractivity contribution < 1.29 is 9.90 Å². The van der Waals surface area contributed by atoms with E-state index in [0.29, 0.717) is 0 Å². The molecule has 1 unspecified atom stereocenters. The second-order valence-electron chi connectivity index (χ2n) is 6.41. The monoisotopic (exact) mass is 335 g/mol. The van der Waals surface area contributed by atoms with E-state index in [9.17, 15) is 9.90 Å². The fraction of sp³-hybridized carbons (Fsp3) is 0.250. The third-order valence-electron chi connectivity index (χ3n) is 4.87. The van der Waals surface area contributed by atoms with Crippen LogP contribution in [0.3, 0.4) is 0 Å². The largest absolute Gasteiger partial charge is 0.369 e. The van der Waals surface area contributed by atoms with Gasteiger partial charge in [-0.2, -0.15) is 0 Å². The maximum atomic E-state index is 10.8. The summed E-state index contributed by atoms with van der Waals surface area (Å²) in [4.78, 5) is 14.9. The first-order valence-electron chi connectivity index (χ1n) is 8.54. The van der Waals surface area contributed by atoms with E-state index in [2.05, 4.69) is 34.5 Å². The topological polar surface area (TPSA) is 55.8 Å². The molecule has 2 heterocycles. The van der Waals surface area contributed by atoms with E-state index in [0.717, 1.165) is 60.7 Å². The molecular weight excluding hydrogens is 314 g/mol. The highest BCUT2D eigenvalue weighted by atomic mass is 16.3. The third kappa shape index (κ3) is 3.10. The molecule has 1 saturated heterocycles. The molecule has 5 heteroatoms. The van der Waals surface area contributed by atoms with Crippen LogP contribution in [0.2, 0.25) is 0 Å². The third-order valence-corrected chi connectivity index (χ3v) is 4.87. The van der Waals surface area contributed by atoms with Gasteiger partial charge in [-0.15, -0.1) is 0 Å². The van der Waals surface area contributed by atoms with Gasteiger partial charge in [0, 0.05) is 48.7 Å². The minimum Gasteiger partial charge on any atom is -0.369 e. The van der Waals surface area contributed by atoms with E-state index in [-0.39, 0.29) is 0 Å². The minimum atomic E-state index is -0.673. The standard InChI is InChI=1S/C20H21N3O2/c24-14-22-9-11-23(12-10-22)16-7-5-15(6-8-16)13-18-17-3-1-2-4-19(17)21-20(18)25/h1-8,13-14,20-21,25H,9-12H2/b18-13-. The van der Waals surface area contributed by atoms with Crippen LogP contribution in [0.15, 0.2) is 48.5 Å². The van der Waals surface area contributed by atoms with E-state index in [1.165, 1.54) is 0 Å². The quantitative estimate of drug-likeness (QED) is 0.845. The summed E-state index contributed by atoms with van der Waals surface area (Å²) in [5.74, 6) is 0. The van der Waals surface area contributed by atoms with Crippen molar-refractivity contribution >= 4 is 29.4 Å². The van der Waals surface area contributed by atoms with E-state index in [4.69, 9.17) is 0 Å². The average molecular weight is 335 g/mol. The molecule has 2 N–H and O–H groups in total. The van der Waals surface area contributed by atoms with Gasteiger partial charge in [-0.05, 0) is 29.8 Å². The SMILES string of the molecule is O=CN1CCN(c2ccc(/C=C3/c4ccccc4NC3O)cc2)CC1. The smallest absolute Gasteiger partial charge is 0.209 e. The van der Waals surface area contributed by atoms with Crippen LogP contribution in [0.25, 0.3) is 11.6 Å². The zero-order valence-electron chi connectivity index (χ0n) is 13.9. The molecule has 2 aliphatic rings. The second-order valence-corrected chi connectivity index (χ2v) is 6.41. The number of nitrogens with zero attached hydrogens (tertiary/aromatic N) is 2. The van der Waals surface area contributed by atoms with Gasteiger partial charge in [0.25, 0.3) is 0 Å². The van der Waals surface area contributed by atoms with Gasteiger partial charge in [-0.3, -0.25) is 4.79 Å². The molecule has 5 nitrogen and oxygen atoms in total. The Morgan fingerprint density at radius 1 is 1.00 bits per heavy atom. The van der Waals surface area contributed by atoms with Crippen molar-refractivity contribution in [3.05, 3.63) is 59.7 Å². The number of carbonyl (C=O) groups excluding carboxylic acids is 1. The summed E-state index contributed by atoms with van der Waals surface area (Å²) in [6, 6.07) is 16.3. The van der Waals surface area contributed by atoms with Crippen LogP contribution in [0, 0.1) is 0 Å². The number of hydrogen-bond donors (Lipinski definition) is 2. The number of benzene rings is 2. The zero-order chi connectivity index (χ0) is 17.2. The fourth-order valence-corrected chi connectivity index (χ4v) is 3.44. The molecule has 1 atom stereocenters. The van der Waals surface area contributed by atoms with Crippen molar-refractivity contribution in [1.29, 1.82) is 0 Å². The van der Waals surface area contributed by atoms with Crippen molar-refractivity contribution in [2.75, 3.05) is 36.4 Å². The van der Waals surface area contributed by atoms with Crippen molar-refractivity contribution in [2.24, 2.45) is 0 Å². The van der Waals surface area contributed by atoms with Gasteiger partial charge in [0.1, 0.15) is 0 Å². The Labute approximate surface area is 147 Å². The molecule has 0 aromatic heterocycles. The summed E-state index contributed by atoms with van der Waals surface area (Å²) in [6.07, 6.45) is 2.27. The van der Waals surface area contributed by atoms with E-state index in [1.54, 1.807) is 4.90 Å². The van der Waals surface area contributed by atoms with Gasteiger partial charge in [0.2, 0.25) is 6.41 Å². The Hall–Kier alpha value is -2.79. The first-order valence-corrected chi connectivity index (χ1v) is 8.54.